The Hall–Kier alpha value is -3.16. The monoisotopic (exact) mass is 329 g/mol. The summed E-state index contributed by atoms with van der Waals surface area (Å²) in [6, 6.07) is 10.7. The van der Waals surface area contributed by atoms with Crippen molar-refractivity contribution in [2.24, 2.45) is 0 Å². The number of anilines is 1. The maximum atomic E-state index is 13.1. The van der Waals surface area contributed by atoms with Crippen LogP contribution in [0.15, 0.2) is 42.5 Å². The molecule has 1 N–H and O–H groups in total. The predicted octanol–water partition coefficient (Wildman–Crippen LogP) is 2.57. The summed E-state index contributed by atoms with van der Waals surface area (Å²) < 4.78 is 26.0. The first-order chi connectivity index (χ1) is 11.5. The summed E-state index contributed by atoms with van der Waals surface area (Å²) in [6.07, 6.45) is 0. The lowest BCUT2D eigenvalue weighted by atomic mass is 10.1. The van der Waals surface area contributed by atoms with Gasteiger partial charge in [0, 0.05) is 17.3 Å². The predicted molar refractivity (Wildman–Crippen MR) is 83.0 cm³/mol. The molecule has 0 atom stereocenters. The Kier molecular flexibility index (Phi) is 4.28. The van der Waals surface area contributed by atoms with E-state index in [1.165, 1.54) is 6.07 Å². The Labute approximate surface area is 136 Å². The molecule has 0 aliphatic rings. The molecule has 24 heavy (non-hydrogen) atoms. The first-order valence-corrected chi connectivity index (χ1v) is 7.11. The van der Waals surface area contributed by atoms with E-state index in [-0.39, 0.29) is 12.2 Å². The molecule has 0 aliphatic heterocycles. The highest BCUT2D eigenvalue weighted by Crippen LogP contribution is 2.15. The van der Waals surface area contributed by atoms with Crippen molar-refractivity contribution in [1.29, 1.82) is 0 Å². The lowest BCUT2D eigenvalue weighted by Gasteiger charge is -2.04. The zero-order chi connectivity index (χ0) is 17.1. The first-order valence-electron chi connectivity index (χ1n) is 7.11. The van der Waals surface area contributed by atoms with Gasteiger partial charge >= 0.3 is 0 Å². The average Bonchev–Trinajstić information content (AvgIpc) is 3.00. The van der Waals surface area contributed by atoms with Gasteiger partial charge in [-0.15, -0.1) is 10.2 Å². The molecule has 2 aromatic carbocycles. The summed E-state index contributed by atoms with van der Waals surface area (Å²) in [5, 5.41) is 14.3. The van der Waals surface area contributed by atoms with Crippen LogP contribution in [0.1, 0.15) is 5.56 Å². The molecule has 0 radical (unpaired) electrons. The molecule has 0 unspecified atom stereocenters. The van der Waals surface area contributed by atoms with Gasteiger partial charge in [-0.3, -0.25) is 4.79 Å². The van der Waals surface area contributed by atoms with Gasteiger partial charge in [-0.1, -0.05) is 29.8 Å². The summed E-state index contributed by atoms with van der Waals surface area (Å²) in [5.41, 5.74) is 2.04. The van der Waals surface area contributed by atoms with Gasteiger partial charge in [-0.2, -0.15) is 4.80 Å². The van der Waals surface area contributed by atoms with Crippen molar-refractivity contribution >= 4 is 11.6 Å². The minimum Gasteiger partial charge on any atom is -0.324 e. The lowest BCUT2D eigenvalue weighted by molar-refractivity contribution is -0.117. The minimum atomic E-state index is -1.03. The Morgan fingerprint density at radius 1 is 1.12 bits per heavy atom. The quantitative estimate of drug-likeness (QED) is 0.798. The maximum absolute atomic E-state index is 13.1. The fourth-order valence-corrected chi connectivity index (χ4v) is 2.03. The number of benzene rings is 2. The van der Waals surface area contributed by atoms with E-state index >= 15 is 0 Å². The van der Waals surface area contributed by atoms with E-state index < -0.39 is 17.5 Å². The molecular weight excluding hydrogens is 316 g/mol. The van der Waals surface area contributed by atoms with E-state index in [0.717, 1.165) is 28.1 Å². The molecule has 1 heterocycles. The third-order valence-electron chi connectivity index (χ3n) is 3.25. The van der Waals surface area contributed by atoms with Gasteiger partial charge in [0.2, 0.25) is 11.7 Å². The number of halogens is 2. The maximum Gasteiger partial charge on any atom is 0.248 e. The van der Waals surface area contributed by atoms with Crippen molar-refractivity contribution in [3.63, 3.8) is 0 Å². The van der Waals surface area contributed by atoms with E-state index in [0.29, 0.717) is 5.82 Å². The van der Waals surface area contributed by atoms with Crippen LogP contribution in [0.4, 0.5) is 14.5 Å². The minimum absolute atomic E-state index is 0.151. The lowest BCUT2D eigenvalue weighted by Crippen LogP contribution is -2.20. The van der Waals surface area contributed by atoms with Gasteiger partial charge in [0.25, 0.3) is 0 Å². The fourth-order valence-electron chi connectivity index (χ4n) is 2.03. The molecule has 0 saturated carbocycles. The molecule has 0 fully saturated rings. The summed E-state index contributed by atoms with van der Waals surface area (Å²) in [4.78, 5) is 13.0. The molecule has 0 spiro atoms. The summed E-state index contributed by atoms with van der Waals surface area (Å²) >= 11 is 0. The van der Waals surface area contributed by atoms with Crippen molar-refractivity contribution in [2.75, 3.05) is 5.32 Å². The number of carbonyl (C=O) groups is 1. The molecule has 3 aromatic rings. The van der Waals surface area contributed by atoms with Crippen LogP contribution in [-0.4, -0.2) is 26.1 Å². The van der Waals surface area contributed by atoms with Crippen LogP contribution in [0.25, 0.3) is 11.4 Å². The second kappa shape index (κ2) is 6.53. The SMILES string of the molecule is Cc1ccc(-c2nnn(CC(=O)Nc3ccc(F)c(F)c3)n2)cc1. The highest BCUT2D eigenvalue weighted by Gasteiger charge is 2.10. The number of aryl methyl sites for hydroxylation is 1. The zero-order valence-electron chi connectivity index (χ0n) is 12.7. The van der Waals surface area contributed by atoms with Gasteiger partial charge in [0.1, 0.15) is 6.54 Å². The summed E-state index contributed by atoms with van der Waals surface area (Å²) in [6.45, 7) is 1.77. The van der Waals surface area contributed by atoms with Gasteiger partial charge < -0.3 is 5.32 Å². The van der Waals surface area contributed by atoms with Gasteiger partial charge in [-0.05, 0) is 24.3 Å². The molecule has 6 nitrogen and oxygen atoms in total. The Morgan fingerprint density at radius 3 is 2.58 bits per heavy atom. The van der Waals surface area contributed by atoms with Crippen molar-refractivity contribution in [2.45, 2.75) is 13.5 Å². The van der Waals surface area contributed by atoms with Crippen LogP contribution in [0.3, 0.4) is 0 Å². The van der Waals surface area contributed by atoms with Crippen LogP contribution in [0, 0.1) is 18.6 Å². The second-order valence-corrected chi connectivity index (χ2v) is 5.19. The van der Waals surface area contributed by atoms with Crippen LogP contribution in [0.2, 0.25) is 0 Å². The van der Waals surface area contributed by atoms with Crippen LogP contribution >= 0.6 is 0 Å². The average molecular weight is 329 g/mol. The zero-order valence-corrected chi connectivity index (χ0v) is 12.7. The normalized spacial score (nSPS) is 10.6. The molecule has 0 bridgehead atoms. The van der Waals surface area contributed by atoms with E-state index in [1.54, 1.807) is 0 Å². The number of hydrogen-bond donors (Lipinski definition) is 1. The third-order valence-corrected chi connectivity index (χ3v) is 3.25. The molecular formula is C16H13F2N5O. The number of carbonyl (C=O) groups excluding carboxylic acids is 1. The van der Waals surface area contributed by atoms with Gasteiger partial charge in [0.15, 0.2) is 11.6 Å². The summed E-state index contributed by atoms with van der Waals surface area (Å²) in [5.74, 6) is -2.09. The largest absolute Gasteiger partial charge is 0.324 e. The van der Waals surface area contributed by atoms with Gasteiger partial charge in [-0.25, -0.2) is 8.78 Å². The number of nitrogens with one attached hydrogen (secondary N) is 1. The molecule has 8 heteroatoms. The Balaban J connectivity index is 1.66. The smallest absolute Gasteiger partial charge is 0.248 e. The molecule has 1 aromatic heterocycles. The fraction of sp³-hybridized carbons (Fsp3) is 0.125. The van der Waals surface area contributed by atoms with Crippen LogP contribution in [0.5, 0.6) is 0 Å². The standard InChI is InChI=1S/C16H13F2N5O/c1-10-2-4-11(5-3-10)16-20-22-23(21-16)9-15(24)19-12-6-7-13(17)14(18)8-12/h2-8H,9H2,1H3,(H,19,24). The van der Waals surface area contributed by atoms with E-state index in [2.05, 4.69) is 20.7 Å². The molecule has 0 saturated heterocycles. The van der Waals surface area contributed by atoms with E-state index in [9.17, 15) is 13.6 Å². The van der Waals surface area contributed by atoms with Crippen LogP contribution < -0.4 is 5.32 Å². The molecule has 1 amide bonds. The van der Waals surface area contributed by atoms with E-state index in [1.807, 2.05) is 31.2 Å². The number of hydrogen-bond acceptors (Lipinski definition) is 4. The first kappa shape index (κ1) is 15.7. The number of rotatable bonds is 4. The molecule has 0 aliphatic carbocycles. The van der Waals surface area contributed by atoms with Crippen molar-refractivity contribution in [1.82, 2.24) is 20.2 Å². The number of amides is 1. The second-order valence-electron chi connectivity index (χ2n) is 5.19. The third kappa shape index (κ3) is 3.60. The van der Waals surface area contributed by atoms with Gasteiger partial charge in [0.05, 0.1) is 0 Å². The van der Waals surface area contributed by atoms with Crippen LogP contribution in [-0.2, 0) is 11.3 Å². The Morgan fingerprint density at radius 2 is 1.88 bits per heavy atom. The van der Waals surface area contributed by atoms with Crippen molar-refractivity contribution in [3.05, 3.63) is 59.7 Å². The molecule has 122 valence electrons. The van der Waals surface area contributed by atoms with Crippen molar-refractivity contribution in [3.8, 4) is 11.4 Å². The summed E-state index contributed by atoms with van der Waals surface area (Å²) in [7, 11) is 0. The number of nitrogens with zero attached hydrogens (tertiary/aromatic N) is 4. The Bertz CT molecular complexity index is 876. The topological polar surface area (TPSA) is 72.7 Å². The number of tetrazole rings is 1. The highest BCUT2D eigenvalue weighted by molar-refractivity contribution is 5.90. The van der Waals surface area contributed by atoms with Crippen molar-refractivity contribution < 1.29 is 13.6 Å². The van der Waals surface area contributed by atoms with E-state index in [4.69, 9.17) is 0 Å². The number of aromatic nitrogens is 4. The molecule has 3 rings (SSSR count). The highest BCUT2D eigenvalue weighted by atomic mass is 19.2.